The quantitative estimate of drug-likeness (QED) is 0.466. The Hall–Kier alpha value is -1.76. The van der Waals surface area contributed by atoms with Crippen molar-refractivity contribution in [2.45, 2.75) is 6.54 Å². The highest BCUT2D eigenvalue weighted by molar-refractivity contribution is 7.14. The molecule has 1 saturated heterocycles. The molecule has 0 aliphatic carbocycles. The van der Waals surface area contributed by atoms with Crippen molar-refractivity contribution in [3.8, 4) is 0 Å². The van der Waals surface area contributed by atoms with Crippen LogP contribution in [0.4, 0.5) is 10.7 Å². The molecule has 2 N–H and O–H groups in total. The van der Waals surface area contributed by atoms with Crippen molar-refractivity contribution in [2.75, 3.05) is 36.8 Å². The summed E-state index contributed by atoms with van der Waals surface area (Å²) < 4.78 is 0. The highest BCUT2D eigenvalue weighted by Crippen LogP contribution is 2.32. The van der Waals surface area contributed by atoms with Gasteiger partial charge < -0.3 is 10.6 Å². The number of nitrogens with two attached hydrogens (primary N) is 1. The summed E-state index contributed by atoms with van der Waals surface area (Å²) in [6.07, 6.45) is 0. The average molecular weight is 481 g/mol. The summed E-state index contributed by atoms with van der Waals surface area (Å²) in [6.45, 7) is 4.06. The molecule has 1 aliphatic rings. The highest BCUT2D eigenvalue weighted by Gasteiger charge is 2.24. The summed E-state index contributed by atoms with van der Waals surface area (Å²) in [5, 5.41) is 4.51. The maximum absolute atomic E-state index is 13.0. The van der Waals surface area contributed by atoms with Gasteiger partial charge in [-0.15, -0.1) is 11.3 Å². The van der Waals surface area contributed by atoms with Crippen molar-refractivity contribution in [3.63, 3.8) is 0 Å². The molecule has 0 unspecified atom stereocenters. The number of nitrogen functional groups attached to an aromatic ring is 1. The van der Waals surface area contributed by atoms with E-state index in [4.69, 9.17) is 40.5 Å². The molecule has 1 fully saturated rings. The van der Waals surface area contributed by atoms with Crippen molar-refractivity contribution in [2.24, 2.45) is 0 Å². The third-order valence-corrected chi connectivity index (χ3v) is 6.91. The Bertz CT molecular complexity index is 1060. The van der Waals surface area contributed by atoms with E-state index in [1.54, 1.807) is 30.3 Å². The van der Waals surface area contributed by atoms with Gasteiger partial charge >= 0.3 is 0 Å². The monoisotopic (exact) mass is 479 g/mol. The number of nitrogens with zero attached hydrogens (tertiary/aromatic N) is 2. The minimum atomic E-state index is -0.0650. The second kappa shape index (κ2) is 9.16. The van der Waals surface area contributed by atoms with E-state index in [1.165, 1.54) is 11.3 Å². The van der Waals surface area contributed by atoms with Gasteiger partial charge in [-0.25, -0.2) is 0 Å². The molecule has 8 heteroatoms. The summed E-state index contributed by atoms with van der Waals surface area (Å²) in [7, 11) is 0. The van der Waals surface area contributed by atoms with E-state index >= 15 is 0 Å². The van der Waals surface area contributed by atoms with Crippen LogP contribution in [0.15, 0.2) is 47.8 Å². The van der Waals surface area contributed by atoms with E-state index in [2.05, 4.69) is 9.80 Å². The number of hydrogen-bond donors (Lipinski definition) is 1. The molecule has 1 aliphatic heterocycles. The van der Waals surface area contributed by atoms with Crippen molar-refractivity contribution >= 4 is 62.6 Å². The topological polar surface area (TPSA) is 49.6 Å². The molecule has 0 saturated carbocycles. The fourth-order valence-corrected chi connectivity index (χ4v) is 4.98. The molecule has 2 aromatic carbocycles. The number of ketones is 1. The molecular formula is C22H20Cl3N3OS. The number of carbonyl (C=O) groups is 1. The maximum atomic E-state index is 13.0. The third-order valence-electron chi connectivity index (χ3n) is 5.24. The van der Waals surface area contributed by atoms with Crippen molar-refractivity contribution in [1.29, 1.82) is 0 Å². The van der Waals surface area contributed by atoms with Crippen LogP contribution in [0.1, 0.15) is 21.5 Å². The van der Waals surface area contributed by atoms with E-state index in [0.717, 1.165) is 37.4 Å². The lowest BCUT2D eigenvalue weighted by atomic mass is 10.0. The number of anilines is 2. The maximum Gasteiger partial charge on any atom is 0.196 e. The smallest absolute Gasteiger partial charge is 0.196 e. The van der Waals surface area contributed by atoms with Crippen LogP contribution in [0.3, 0.4) is 0 Å². The van der Waals surface area contributed by atoms with Gasteiger partial charge in [0.25, 0.3) is 0 Å². The summed E-state index contributed by atoms with van der Waals surface area (Å²) in [4.78, 5) is 17.6. The van der Waals surface area contributed by atoms with E-state index < -0.39 is 0 Å². The number of piperazine rings is 1. The van der Waals surface area contributed by atoms with Gasteiger partial charge in [0.1, 0.15) is 0 Å². The highest BCUT2D eigenvalue weighted by atomic mass is 35.5. The lowest BCUT2D eigenvalue weighted by Crippen LogP contribution is -2.46. The Kier molecular flexibility index (Phi) is 6.56. The van der Waals surface area contributed by atoms with E-state index in [0.29, 0.717) is 37.7 Å². The van der Waals surface area contributed by atoms with E-state index in [9.17, 15) is 4.79 Å². The van der Waals surface area contributed by atoms with Crippen molar-refractivity contribution < 1.29 is 4.79 Å². The van der Waals surface area contributed by atoms with Gasteiger partial charge in [-0.3, -0.25) is 9.69 Å². The third kappa shape index (κ3) is 4.61. The fraction of sp³-hybridized carbons (Fsp3) is 0.227. The first kappa shape index (κ1) is 21.5. The minimum Gasteiger partial charge on any atom is -0.390 e. The van der Waals surface area contributed by atoms with Crippen LogP contribution in [0.25, 0.3) is 0 Å². The van der Waals surface area contributed by atoms with Gasteiger partial charge in [0, 0.05) is 48.3 Å². The molecule has 0 spiro atoms. The molecule has 1 aromatic heterocycles. The van der Waals surface area contributed by atoms with Crippen molar-refractivity contribution in [3.05, 3.63) is 79.6 Å². The lowest BCUT2D eigenvalue weighted by Gasteiger charge is -2.36. The molecule has 0 amide bonds. The molecule has 4 rings (SSSR count). The van der Waals surface area contributed by atoms with Crippen LogP contribution < -0.4 is 10.6 Å². The first-order valence-corrected chi connectivity index (χ1v) is 11.5. The molecule has 0 atom stereocenters. The summed E-state index contributed by atoms with van der Waals surface area (Å²) >= 11 is 19.8. The fourth-order valence-electron chi connectivity index (χ4n) is 3.65. The summed E-state index contributed by atoms with van der Waals surface area (Å²) in [5.74, 6) is -0.0650. The number of rotatable bonds is 5. The number of hydrogen-bond acceptors (Lipinski definition) is 5. The van der Waals surface area contributed by atoms with Crippen LogP contribution >= 0.6 is 46.1 Å². The Balaban J connectivity index is 1.45. The number of carbonyl (C=O) groups excluding carboxylic acids is 1. The normalized spacial score (nSPS) is 14.8. The second-order valence-electron chi connectivity index (χ2n) is 7.20. The number of thiophene rings is 1. The number of halogens is 3. The molecule has 4 nitrogen and oxygen atoms in total. The van der Waals surface area contributed by atoms with E-state index in [1.807, 2.05) is 17.5 Å². The van der Waals surface area contributed by atoms with Crippen LogP contribution in [0.2, 0.25) is 15.1 Å². The first-order valence-electron chi connectivity index (χ1n) is 9.51. The molecule has 3 aromatic rings. The van der Waals surface area contributed by atoms with Gasteiger partial charge in [-0.2, -0.15) is 0 Å². The van der Waals surface area contributed by atoms with Gasteiger partial charge in [0.15, 0.2) is 5.78 Å². The zero-order valence-electron chi connectivity index (χ0n) is 16.1. The average Bonchev–Trinajstić information content (AvgIpc) is 3.10. The molecule has 30 heavy (non-hydrogen) atoms. The predicted octanol–water partition coefficient (Wildman–Crippen LogP) is 5.84. The molecular weight excluding hydrogens is 461 g/mol. The summed E-state index contributed by atoms with van der Waals surface area (Å²) in [6, 6.07) is 12.4. The van der Waals surface area contributed by atoms with Crippen LogP contribution in [0, 0.1) is 0 Å². The van der Waals surface area contributed by atoms with Crippen LogP contribution in [0.5, 0.6) is 0 Å². The Morgan fingerprint density at radius 3 is 2.33 bits per heavy atom. The van der Waals surface area contributed by atoms with Crippen molar-refractivity contribution in [1.82, 2.24) is 4.90 Å². The Morgan fingerprint density at radius 1 is 0.967 bits per heavy atom. The standard InChI is InChI=1S/C22H20Cl3N3OS/c23-16-3-1-14(2-4-16)21(29)20-15(13-30-22(20)26)12-27-7-9-28(10-8-27)19-11-17(24)5-6-18(19)25/h1-6,11,13H,7-10,12,26H2. The minimum absolute atomic E-state index is 0.0650. The largest absolute Gasteiger partial charge is 0.390 e. The van der Waals surface area contributed by atoms with Gasteiger partial charge in [-0.05, 0) is 53.4 Å². The molecule has 2 heterocycles. The zero-order chi connectivity index (χ0) is 21.3. The van der Waals surface area contributed by atoms with Crippen LogP contribution in [-0.2, 0) is 6.54 Å². The summed E-state index contributed by atoms with van der Waals surface area (Å²) in [5.41, 5.74) is 9.27. The molecule has 156 valence electrons. The zero-order valence-corrected chi connectivity index (χ0v) is 19.2. The molecule has 0 radical (unpaired) electrons. The molecule has 0 bridgehead atoms. The Labute approximate surface area is 194 Å². The number of benzene rings is 2. The van der Waals surface area contributed by atoms with Gasteiger partial charge in [-0.1, -0.05) is 34.8 Å². The van der Waals surface area contributed by atoms with E-state index in [-0.39, 0.29) is 5.78 Å². The predicted molar refractivity (Wildman–Crippen MR) is 128 cm³/mol. The first-order chi connectivity index (χ1) is 14.4. The van der Waals surface area contributed by atoms with Crippen LogP contribution in [-0.4, -0.2) is 36.9 Å². The van der Waals surface area contributed by atoms with Gasteiger partial charge in [0.05, 0.1) is 21.3 Å². The Morgan fingerprint density at radius 2 is 1.63 bits per heavy atom. The second-order valence-corrected chi connectivity index (χ2v) is 9.39. The SMILES string of the molecule is Nc1scc(CN2CCN(c3cc(Cl)ccc3Cl)CC2)c1C(=O)c1ccc(Cl)cc1. The lowest BCUT2D eigenvalue weighted by molar-refractivity contribution is 0.103. The van der Waals surface area contributed by atoms with Gasteiger partial charge in [0.2, 0.25) is 0 Å².